The molecule has 1 aromatic heterocycles. The Morgan fingerprint density at radius 1 is 1.19 bits per heavy atom. The summed E-state index contributed by atoms with van der Waals surface area (Å²) >= 11 is 0. The fourth-order valence-electron chi connectivity index (χ4n) is 3.24. The second-order valence-corrected chi connectivity index (χ2v) is 8.25. The number of ether oxygens (including phenoxy) is 1. The highest BCUT2D eigenvalue weighted by molar-refractivity contribution is 7.89. The number of methoxy groups -OCH3 is 1. The number of aromatic nitrogens is 2. The van der Waals surface area contributed by atoms with Crippen molar-refractivity contribution in [1.29, 1.82) is 0 Å². The average Bonchev–Trinajstić information content (AvgIpc) is 3.03. The standard InChI is InChI=1S/C18H23N3O4S/c1-12-10-17(13(2)9-16(12)25-3)26(23,24)19-7-8-21-18(22)11-14-5-4-6-15(14)20-21/h9-11,19H,4-8H2,1-3H3. The number of rotatable bonds is 6. The van der Waals surface area contributed by atoms with Crippen LogP contribution in [0.1, 0.15) is 28.8 Å². The zero-order valence-electron chi connectivity index (χ0n) is 15.2. The minimum absolute atomic E-state index is 0.0958. The van der Waals surface area contributed by atoms with Gasteiger partial charge in [0.2, 0.25) is 10.0 Å². The Balaban J connectivity index is 1.74. The molecule has 0 saturated carbocycles. The van der Waals surface area contributed by atoms with Crippen LogP contribution in [-0.2, 0) is 29.4 Å². The molecule has 1 aliphatic carbocycles. The van der Waals surface area contributed by atoms with Crippen molar-refractivity contribution in [3.8, 4) is 5.75 Å². The van der Waals surface area contributed by atoms with Crippen LogP contribution in [0.25, 0.3) is 0 Å². The summed E-state index contributed by atoms with van der Waals surface area (Å²) in [5.41, 5.74) is 3.11. The fourth-order valence-corrected chi connectivity index (χ4v) is 4.57. The van der Waals surface area contributed by atoms with Gasteiger partial charge in [0.25, 0.3) is 5.56 Å². The molecular weight excluding hydrogens is 354 g/mol. The normalized spacial score (nSPS) is 13.7. The summed E-state index contributed by atoms with van der Waals surface area (Å²) in [5.74, 6) is 0.648. The van der Waals surface area contributed by atoms with Gasteiger partial charge in [0.15, 0.2) is 0 Å². The highest BCUT2D eigenvalue weighted by Crippen LogP contribution is 2.25. The number of aryl methyl sites for hydroxylation is 4. The van der Waals surface area contributed by atoms with Gasteiger partial charge in [-0.3, -0.25) is 4.79 Å². The molecule has 0 bridgehead atoms. The van der Waals surface area contributed by atoms with Crippen molar-refractivity contribution in [3.63, 3.8) is 0 Å². The van der Waals surface area contributed by atoms with Crippen LogP contribution < -0.4 is 15.0 Å². The van der Waals surface area contributed by atoms with Crippen LogP contribution in [0.5, 0.6) is 5.75 Å². The number of fused-ring (bicyclic) bond motifs is 1. The second kappa shape index (κ2) is 7.20. The van der Waals surface area contributed by atoms with E-state index >= 15 is 0 Å². The lowest BCUT2D eigenvalue weighted by Crippen LogP contribution is -2.32. The van der Waals surface area contributed by atoms with E-state index in [9.17, 15) is 13.2 Å². The number of hydrogen-bond acceptors (Lipinski definition) is 5. The molecule has 140 valence electrons. The van der Waals surface area contributed by atoms with E-state index in [1.165, 1.54) is 4.68 Å². The Morgan fingerprint density at radius 2 is 1.96 bits per heavy atom. The molecule has 0 amide bonds. The van der Waals surface area contributed by atoms with Crippen molar-refractivity contribution in [1.82, 2.24) is 14.5 Å². The minimum Gasteiger partial charge on any atom is -0.496 e. The van der Waals surface area contributed by atoms with E-state index in [0.717, 1.165) is 36.1 Å². The predicted molar refractivity (Wildman–Crippen MR) is 98.2 cm³/mol. The Morgan fingerprint density at radius 3 is 2.69 bits per heavy atom. The van der Waals surface area contributed by atoms with Crippen molar-refractivity contribution < 1.29 is 13.2 Å². The monoisotopic (exact) mass is 377 g/mol. The summed E-state index contributed by atoms with van der Waals surface area (Å²) in [4.78, 5) is 12.3. The lowest BCUT2D eigenvalue weighted by molar-refractivity contribution is 0.411. The van der Waals surface area contributed by atoms with Gasteiger partial charge in [-0.25, -0.2) is 17.8 Å². The molecule has 0 saturated heterocycles. The maximum absolute atomic E-state index is 12.6. The Kier molecular flexibility index (Phi) is 5.15. The molecule has 0 aliphatic heterocycles. The topological polar surface area (TPSA) is 90.3 Å². The Labute approximate surface area is 153 Å². The first-order valence-corrected chi connectivity index (χ1v) is 10.0. The highest BCUT2D eigenvalue weighted by Gasteiger charge is 2.19. The van der Waals surface area contributed by atoms with Gasteiger partial charge in [-0.15, -0.1) is 0 Å². The molecule has 1 heterocycles. The number of benzene rings is 1. The molecule has 2 aromatic rings. The van der Waals surface area contributed by atoms with E-state index in [-0.39, 0.29) is 23.5 Å². The third-order valence-electron chi connectivity index (χ3n) is 4.62. The predicted octanol–water partition coefficient (Wildman–Crippen LogP) is 1.34. The van der Waals surface area contributed by atoms with Crippen LogP contribution in [-0.4, -0.2) is 31.9 Å². The maximum Gasteiger partial charge on any atom is 0.267 e. The largest absolute Gasteiger partial charge is 0.496 e. The lowest BCUT2D eigenvalue weighted by Gasteiger charge is -2.13. The summed E-state index contributed by atoms with van der Waals surface area (Å²) in [6, 6.07) is 4.91. The van der Waals surface area contributed by atoms with Crippen molar-refractivity contribution in [3.05, 3.63) is 50.9 Å². The van der Waals surface area contributed by atoms with Gasteiger partial charge in [-0.2, -0.15) is 5.10 Å². The van der Waals surface area contributed by atoms with E-state index < -0.39 is 10.0 Å². The number of sulfonamides is 1. The Hall–Kier alpha value is -2.19. The van der Waals surface area contributed by atoms with Crippen molar-refractivity contribution >= 4 is 10.0 Å². The maximum atomic E-state index is 12.6. The zero-order chi connectivity index (χ0) is 18.9. The summed E-state index contributed by atoms with van der Waals surface area (Å²) in [6.07, 6.45) is 2.77. The first kappa shape index (κ1) is 18.6. The van der Waals surface area contributed by atoms with E-state index in [1.54, 1.807) is 39.2 Å². The molecule has 0 spiro atoms. The SMILES string of the molecule is COc1cc(C)c(S(=O)(=O)NCCn2nc3c(cc2=O)CCC3)cc1C. The van der Waals surface area contributed by atoms with Crippen LogP contribution >= 0.6 is 0 Å². The molecule has 7 nitrogen and oxygen atoms in total. The van der Waals surface area contributed by atoms with Crippen molar-refractivity contribution in [2.75, 3.05) is 13.7 Å². The van der Waals surface area contributed by atoms with Crippen LogP contribution in [0.3, 0.4) is 0 Å². The van der Waals surface area contributed by atoms with Crippen molar-refractivity contribution in [2.45, 2.75) is 44.6 Å². The highest BCUT2D eigenvalue weighted by atomic mass is 32.2. The molecule has 0 unspecified atom stereocenters. The molecule has 0 radical (unpaired) electrons. The molecule has 26 heavy (non-hydrogen) atoms. The molecule has 0 fully saturated rings. The van der Waals surface area contributed by atoms with Gasteiger partial charge < -0.3 is 4.74 Å². The summed E-state index contributed by atoms with van der Waals surface area (Å²) in [7, 11) is -2.13. The molecule has 1 aliphatic rings. The summed E-state index contributed by atoms with van der Waals surface area (Å²) < 4.78 is 34.3. The fraction of sp³-hybridized carbons (Fsp3) is 0.444. The van der Waals surface area contributed by atoms with Gasteiger partial charge in [-0.05, 0) is 61.9 Å². The van der Waals surface area contributed by atoms with E-state index in [0.29, 0.717) is 11.3 Å². The van der Waals surface area contributed by atoms with Gasteiger partial charge in [0, 0.05) is 12.6 Å². The zero-order valence-corrected chi connectivity index (χ0v) is 16.0. The van der Waals surface area contributed by atoms with Gasteiger partial charge >= 0.3 is 0 Å². The average molecular weight is 377 g/mol. The Bertz CT molecular complexity index is 996. The van der Waals surface area contributed by atoms with E-state index in [4.69, 9.17) is 4.74 Å². The second-order valence-electron chi connectivity index (χ2n) is 6.52. The molecular formula is C18H23N3O4S. The van der Waals surface area contributed by atoms with Crippen LogP contribution in [0.2, 0.25) is 0 Å². The summed E-state index contributed by atoms with van der Waals surface area (Å²) in [5, 5.41) is 4.35. The molecule has 8 heteroatoms. The van der Waals surface area contributed by atoms with Crippen LogP contribution in [0.4, 0.5) is 0 Å². The number of nitrogens with zero attached hydrogens (tertiary/aromatic N) is 2. The van der Waals surface area contributed by atoms with Gasteiger partial charge in [-0.1, -0.05) is 0 Å². The minimum atomic E-state index is -3.68. The van der Waals surface area contributed by atoms with Gasteiger partial charge in [0.1, 0.15) is 5.75 Å². The van der Waals surface area contributed by atoms with Gasteiger partial charge in [0.05, 0.1) is 24.2 Å². The third kappa shape index (κ3) is 3.66. The molecule has 1 N–H and O–H groups in total. The smallest absolute Gasteiger partial charge is 0.267 e. The summed E-state index contributed by atoms with van der Waals surface area (Å²) in [6.45, 7) is 3.81. The first-order chi connectivity index (χ1) is 12.3. The van der Waals surface area contributed by atoms with E-state index in [1.807, 2.05) is 0 Å². The molecule has 0 atom stereocenters. The molecule has 1 aromatic carbocycles. The quantitative estimate of drug-likeness (QED) is 0.820. The van der Waals surface area contributed by atoms with Crippen molar-refractivity contribution in [2.24, 2.45) is 0 Å². The number of hydrogen-bond donors (Lipinski definition) is 1. The van der Waals surface area contributed by atoms with E-state index in [2.05, 4.69) is 9.82 Å². The van der Waals surface area contributed by atoms with Crippen LogP contribution in [0, 0.1) is 13.8 Å². The lowest BCUT2D eigenvalue weighted by atomic mass is 10.1. The number of nitrogens with one attached hydrogen (secondary N) is 1. The molecule has 3 rings (SSSR count). The first-order valence-electron chi connectivity index (χ1n) is 8.56. The third-order valence-corrected chi connectivity index (χ3v) is 6.22. The van der Waals surface area contributed by atoms with Crippen LogP contribution in [0.15, 0.2) is 27.9 Å².